The van der Waals surface area contributed by atoms with Crippen molar-refractivity contribution in [2.24, 2.45) is 0 Å². The van der Waals surface area contributed by atoms with Crippen molar-refractivity contribution in [3.05, 3.63) is 163 Å². The maximum atomic E-state index is 5.42. The Morgan fingerprint density at radius 3 is 2.11 bits per heavy atom. The number of hydrogen-bond acceptors (Lipinski definition) is 4. The van der Waals surface area contributed by atoms with Gasteiger partial charge in [-0.3, -0.25) is 9.13 Å². The second-order valence-electron chi connectivity index (χ2n) is 14.9. The molecule has 0 radical (unpaired) electrons. The first-order valence-corrected chi connectivity index (χ1v) is 19.2. The summed E-state index contributed by atoms with van der Waals surface area (Å²) < 4.78 is 4.70. The standard InChI is InChI=1S/C48H31N5S/c1-48(2)36-17-7-5-14-32(36)35-27-31(24-25-37(35)48)45-49-44(30-23-22-28-12-3-4-13-29(28)26-30)50-47(51-45)53-38-18-8-6-15-33(38)42-34-16-11-21-41-43(34)52(46(42)53)39-19-9-10-20-40(39)54-41/h3-27H,1-2H3. The molecule has 1 aliphatic heterocycles. The minimum absolute atomic E-state index is 0.0908. The molecule has 0 fully saturated rings. The molecule has 2 aliphatic rings. The Morgan fingerprint density at radius 2 is 1.20 bits per heavy atom. The van der Waals surface area contributed by atoms with E-state index in [1.54, 1.807) is 0 Å². The van der Waals surface area contributed by atoms with Gasteiger partial charge in [-0.1, -0.05) is 141 Å². The van der Waals surface area contributed by atoms with Crippen LogP contribution in [0.2, 0.25) is 0 Å². The highest BCUT2D eigenvalue weighted by Gasteiger charge is 2.35. The maximum Gasteiger partial charge on any atom is 0.239 e. The molecular formula is C48H31N5S. The van der Waals surface area contributed by atoms with Crippen molar-refractivity contribution in [2.45, 2.75) is 29.1 Å². The van der Waals surface area contributed by atoms with Gasteiger partial charge in [-0.25, -0.2) is 4.98 Å². The van der Waals surface area contributed by atoms with Crippen LogP contribution < -0.4 is 0 Å². The largest absolute Gasteiger partial charge is 0.293 e. The molecule has 3 aromatic heterocycles. The highest BCUT2D eigenvalue weighted by Crippen LogP contribution is 2.51. The lowest BCUT2D eigenvalue weighted by atomic mass is 9.82. The molecule has 12 rings (SSSR count). The molecule has 54 heavy (non-hydrogen) atoms. The molecule has 0 atom stereocenters. The van der Waals surface area contributed by atoms with Crippen LogP contribution in [-0.4, -0.2) is 24.1 Å². The van der Waals surface area contributed by atoms with Gasteiger partial charge in [-0.2, -0.15) is 9.97 Å². The van der Waals surface area contributed by atoms with Crippen molar-refractivity contribution >= 4 is 55.4 Å². The Kier molecular flexibility index (Phi) is 5.99. The van der Waals surface area contributed by atoms with E-state index in [1.165, 1.54) is 59.1 Å². The Balaban J connectivity index is 1.19. The first kappa shape index (κ1) is 30.0. The molecule has 0 saturated heterocycles. The Morgan fingerprint density at radius 1 is 0.519 bits per heavy atom. The van der Waals surface area contributed by atoms with Crippen molar-refractivity contribution < 1.29 is 0 Å². The fourth-order valence-corrected chi connectivity index (χ4v) is 10.1. The quantitative estimate of drug-likeness (QED) is 0.183. The van der Waals surface area contributed by atoms with Gasteiger partial charge in [0.15, 0.2) is 11.6 Å². The number of fused-ring (bicyclic) bond motifs is 11. The monoisotopic (exact) mass is 709 g/mol. The second-order valence-corrected chi connectivity index (χ2v) is 16.0. The normalized spacial score (nSPS) is 13.8. The highest BCUT2D eigenvalue weighted by molar-refractivity contribution is 7.99. The number of hydrogen-bond donors (Lipinski definition) is 0. The summed E-state index contributed by atoms with van der Waals surface area (Å²) in [6, 6.07) is 54.5. The summed E-state index contributed by atoms with van der Waals surface area (Å²) >= 11 is 1.83. The van der Waals surface area contributed by atoms with Crippen molar-refractivity contribution in [1.82, 2.24) is 24.1 Å². The zero-order chi connectivity index (χ0) is 35.7. The van der Waals surface area contributed by atoms with Crippen LogP contribution in [-0.2, 0) is 5.41 Å². The van der Waals surface area contributed by atoms with E-state index in [9.17, 15) is 0 Å². The van der Waals surface area contributed by atoms with E-state index in [-0.39, 0.29) is 5.41 Å². The van der Waals surface area contributed by atoms with E-state index in [4.69, 9.17) is 15.0 Å². The van der Waals surface area contributed by atoms with Crippen LogP contribution in [0.5, 0.6) is 0 Å². The van der Waals surface area contributed by atoms with Gasteiger partial charge in [0.25, 0.3) is 0 Å². The zero-order valence-electron chi connectivity index (χ0n) is 29.6. The summed E-state index contributed by atoms with van der Waals surface area (Å²) in [7, 11) is 0. The number of aromatic nitrogens is 5. The number of benzene rings is 7. The average molecular weight is 710 g/mol. The van der Waals surface area contributed by atoms with Crippen molar-refractivity contribution in [3.63, 3.8) is 0 Å². The van der Waals surface area contributed by atoms with Gasteiger partial charge in [0, 0.05) is 42.5 Å². The third kappa shape index (κ3) is 4.03. The van der Waals surface area contributed by atoms with E-state index >= 15 is 0 Å². The van der Waals surface area contributed by atoms with E-state index in [2.05, 4.69) is 175 Å². The van der Waals surface area contributed by atoms with Crippen LogP contribution >= 0.6 is 11.8 Å². The topological polar surface area (TPSA) is 48.5 Å². The first-order chi connectivity index (χ1) is 26.5. The molecular weight excluding hydrogens is 679 g/mol. The van der Waals surface area contributed by atoms with Gasteiger partial charge >= 0.3 is 0 Å². The van der Waals surface area contributed by atoms with Gasteiger partial charge in [-0.15, -0.1) is 0 Å². The Bertz CT molecular complexity index is 3240. The minimum atomic E-state index is -0.0908. The molecule has 0 spiro atoms. The zero-order valence-corrected chi connectivity index (χ0v) is 30.4. The third-order valence-corrected chi connectivity index (χ3v) is 12.7. The molecule has 254 valence electrons. The second kappa shape index (κ2) is 10.8. The fraction of sp³-hybridized carbons (Fsp3) is 0.0625. The summed E-state index contributed by atoms with van der Waals surface area (Å²) in [5.74, 6) is 1.87. The smallest absolute Gasteiger partial charge is 0.239 e. The molecule has 0 amide bonds. The van der Waals surface area contributed by atoms with Gasteiger partial charge < -0.3 is 0 Å². The van der Waals surface area contributed by atoms with Crippen molar-refractivity contribution in [1.29, 1.82) is 0 Å². The Labute approximate surface area is 315 Å². The van der Waals surface area contributed by atoms with Gasteiger partial charge in [0.1, 0.15) is 5.65 Å². The van der Waals surface area contributed by atoms with E-state index in [1.807, 2.05) is 11.8 Å². The maximum absolute atomic E-state index is 5.42. The van der Waals surface area contributed by atoms with Gasteiger partial charge in [0.2, 0.25) is 5.95 Å². The molecule has 0 unspecified atom stereocenters. The lowest BCUT2D eigenvalue weighted by molar-refractivity contribution is 0.660. The summed E-state index contributed by atoms with van der Waals surface area (Å²) in [6.07, 6.45) is 0. The number of rotatable bonds is 3. The average Bonchev–Trinajstić information content (AvgIpc) is 3.82. The van der Waals surface area contributed by atoms with Crippen molar-refractivity contribution in [2.75, 3.05) is 0 Å². The summed E-state index contributed by atoms with van der Waals surface area (Å²) in [5.41, 5.74) is 11.5. The summed E-state index contributed by atoms with van der Waals surface area (Å²) in [6.45, 7) is 4.63. The van der Waals surface area contributed by atoms with Crippen LogP contribution in [0.1, 0.15) is 25.0 Å². The summed E-state index contributed by atoms with van der Waals surface area (Å²) in [5, 5.41) is 5.92. The molecule has 0 bridgehead atoms. The molecule has 5 nitrogen and oxygen atoms in total. The molecule has 10 aromatic rings. The molecule has 6 heteroatoms. The first-order valence-electron chi connectivity index (χ1n) is 18.4. The fourth-order valence-electron chi connectivity index (χ4n) is 9.04. The van der Waals surface area contributed by atoms with Gasteiger partial charge in [-0.05, 0) is 69.4 Å². The van der Waals surface area contributed by atoms with Crippen LogP contribution in [0.4, 0.5) is 0 Å². The highest BCUT2D eigenvalue weighted by atomic mass is 32.2. The molecule has 0 N–H and O–H groups in total. The Hall–Kier alpha value is -6.50. The lowest BCUT2D eigenvalue weighted by Gasteiger charge is -2.21. The van der Waals surface area contributed by atoms with E-state index < -0.39 is 0 Å². The predicted octanol–water partition coefficient (Wildman–Crippen LogP) is 12.2. The predicted molar refractivity (Wildman–Crippen MR) is 221 cm³/mol. The number of para-hydroxylation sites is 3. The van der Waals surface area contributed by atoms with E-state index in [0.29, 0.717) is 17.6 Å². The molecule has 4 heterocycles. The van der Waals surface area contributed by atoms with Crippen molar-refractivity contribution in [3.8, 4) is 45.5 Å². The SMILES string of the molecule is CC1(C)c2ccccc2-c2cc(-c3nc(-c4ccc5ccccc5c4)nc(-n4c5ccccc5c5c6cccc7c6n(c54)-c4ccccc4S7)n3)ccc21. The summed E-state index contributed by atoms with van der Waals surface area (Å²) in [4.78, 5) is 18.5. The molecule has 7 aromatic carbocycles. The third-order valence-electron chi connectivity index (χ3n) is 11.6. The minimum Gasteiger partial charge on any atom is -0.293 e. The lowest BCUT2D eigenvalue weighted by Crippen LogP contribution is -2.14. The van der Waals surface area contributed by atoms with Crippen LogP contribution in [0.15, 0.2) is 161 Å². The number of nitrogens with zero attached hydrogens (tertiary/aromatic N) is 5. The van der Waals surface area contributed by atoms with E-state index in [0.717, 1.165) is 33.4 Å². The van der Waals surface area contributed by atoms with Crippen LogP contribution in [0.3, 0.4) is 0 Å². The molecule has 1 aliphatic carbocycles. The molecule has 0 saturated carbocycles. The van der Waals surface area contributed by atoms with Crippen LogP contribution in [0, 0.1) is 0 Å². The van der Waals surface area contributed by atoms with Crippen LogP contribution in [0.25, 0.3) is 89.2 Å². The van der Waals surface area contributed by atoms with Gasteiger partial charge in [0.05, 0.1) is 16.7 Å².